The molecule has 1 amide bonds. The number of rotatable bonds is 7. The number of nitrogens with one attached hydrogen (secondary N) is 2. The fraction of sp³-hybridized carbons (Fsp3) is 0.370. The lowest BCUT2D eigenvalue weighted by molar-refractivity contribution is -0.126. The summed E-state index contributed by atoms with van der Waals surface area (Å²) in [5, 5.41) is 25.7. The maximum absolute atomic E-state index is 13.2. The van der Waals surface area contributed by atoms with Crippen LogP contribution in [0.15, 0.2) is 48.9 Å². The van der Waals surface area contributed by atoms with Gasteiger partial charge in [0, 0.05) is 29.9 Å². The van der Waals surface area contributed by atoms with E-state index in [9.17, 15) is 14.3 Å². The van der Waals surface area contributed by atoms with Crippen molar-refractivity contribution in [2.24, 2.45) is 5.92 Å². The number of halogens is 1. The SMILES string of the molecule is Cc1cc(Cc2cc(C)[nH]n2)nc([C@@]2(O)CC[C@@H](C(=O)N[C@@H](C)c3ccc(-n4cc(F)cn4)nc3)C2)c1. The van der Waals surface area contributed by atoms with Crippen molar-refractivity contribution in [3.63, 3.8) is 0 Å². The Morgan fingerprint density at radius 1 is 1.27 bits per heavy atom. The second kappa shape index (κ2) is 9.85. The van der Waals surface area contributed by atoms with E-state index in [1.165, 1.54) is 10.9 Å². The Morgan fingerprint density at radius 3 is 2.78 bits per heavy atom. The Bertz CT molecular complexity index is 1410. The van der Waals surface area contributed by atoms with Gasteiger partial charge >= 0.3 is 0 Å². The Labute approximate surface area is 214 Å². The smallest absolute Gasteiger partial charge is 0.223 e. The summed E-state index contributed by atoms with van der Waals surface area (Å²) in [6.07, 6.45) is 5.93. The largest absolute Gasteiger partial charge is 0.384 e. The number of aliphatic hydroxyl groups is 1. The average molecular weight is 504 g/mol. The van der Waals surface area contributed by atoms with Crippen LogP contribution in [0.2, 0.25) is 0 Å². The summed E-state index contributed by atoms with van der Waals surface area (Å²) in [6, 6.07) is 9.16. The van der Waals surface area contributed by atoms with Crippen LogP contribution in [0.25, 0.3) is 5.82 Å². The minimum Gasteiger partial charge on any atom is -0.384 e. The van der Waals surface area contributed by atoms with E-state index in [4.69, 9.17) is 4.98 Å². The summed E-state index contributed by atoms with van der Waals surface area (Å²) in [5.74, 6) is -0.389. The number of hydrogen-bond acceptors (Lipinski definition) is 6. The molecule has 4 aromatic heterocycles. The van der Waals surface area contributed by atoms with Crippen molar-refractivity contribution >= 4 is 5.91 Å². The third-order valence-electron chi connectivity index (χ3n) is 6.90. The van der Waals surface area contributed by atoms with Gasteiger partial charge in [-0.2, -0.15) is 10.2 Å². The zero-order chi connectivity index (χ0) is 26.2. The van der Waals surface area contributed by atoms with E-state index in [1.54, 1.807) is 12.3 Å². The summed E-state index contributed by atoms with van der Waals surface area (Å²) in [4.78, 5) is 22.2. The molecular formula is C27H30FN7O2. The van der Waals surface area contributed by atoms with Gasteiger partial charge in [0.25, 0.3) is 0 Å². The molecule has 37 heavy (non-hydrogen) atoms. The minimum atomic E-state index is -1.16. The molecule has 0 unspecified atom stereocenters. The van der Waals surface area contributed by atoms with E-state index in [0.29, 0.717) is 37.2 Å². The highest BCUT2D eigenvalue weighted by Crippen LogP contribution is 2.42. The van der Waals surface area contributed by atoms with E-state index >= 15 is 0 Å². The number of H-pyrrole nitrogens is 1. The summed E-state index contributed by atoms with van der Waals surface area (Å²) < 4.78 is 14.6. The lowest BCUT2D eigenvalue weighted by atomic mass is 9.93. The number of hydrogen-bond donors (Lipinski definition) is 3. The first-order valence-corrected chi connectivity index (χ1v) is 12.4. The number of nitrogens with zero attached hydrogens (tertiary/aromatic N) is 5. The fourth-order valence-corrected chi connectivity index (χ4v) is 4.93. The first-order chi connectivity index (χ1) is 17.7. The molecule has 1 saturated carbocycles. The van der Waals surface area contributed by atoms with Crippen LogP contribution < -0.4 is 5.32 Å². The van der Waals surface area contributed by atoms with E-state index in [1.807, 2.05) is 45.0 Å². The molecule has 0 radical (unpaired) electrons. The molecule has 192 valence electrons. The molecule has 4 aromatic rings. The van der Waals surface area contributed by atoms with Gasteiger partial charge in [-0.3, -0.25) is 14.9 Å². The summed E-state index contributed by atoms with van der Waals surface area (Å²) in [5.41, 5.74) is 3.99. The number of amides is 1. The van der Waals surface area contributed by atoms with Gasteiger partial charge < -0.3 is 10.4 Å². The van der Waals surface area contributed by atoms with Crippen LogP contribution in [0.1, 0.15) is 66.1 Å². The highest BCUT2D eigenvalue weighted by atomic mass is 19.1. The van der Waals surface area contributed by atoms with Gasteiger partial charge in [0.15, 0.2) is 11.6 Å². The molecule has 3 N–H and O–H groups in total. The van der Waals surface area contributed by atoms with Gasteiger partial charge in [-0.1, -0.05) is 6.07 Å². The van der Waals surface area contributed by atoms with Crippen LogP contribution in [0.3, 0.4) is 0 Å². The maximum Gasteiger partial charge on any atom is 0.223 e. The zero-order valence-electron chi connectivity index (χ0n) is 21.1. The monoisotopic (exact) mass is 503 g/mol. The van der Waals surface area contributed by atoms with Crippen LogP contribution in [-0.4, -0.2) is 41.0 Å². The molecule has 0 saturated heterocycles. The highest BCUT2D eigenvalue weighted by Gasteiger charge is 2.43. The van der Waals surface area contributed by atoms with Crippen molar-refractivity contribution in [3.8, 4) is 5.82 Å². The van der Waals surface area contributed by atoms with E-state index in [2.05, 4.69) is 25.6 Å². The second-order valence-electron chi connectivity index (χ2n) is 9.99. The quantitative estimate of drug-likeness (QED) is 0.354. The van der Waals surface area contributed by atoms with Crippen molar-refractivity contribution in [2.45, 2.75) is 58.1 Å². The van der Waals surface area contributed by atoms with Crippen molar-refractivity contribution in [3.05, 3.63) is 88.6 Å². The summed E-state index contributed by atoms with van der Waals surface area (Å²) in [7, 11) is 0. The van der Waals surface area contributed by atoms with Crippen LogP contribution in [0, 0.1) is 25.6 Å². The van der Waals surface area contributed by atoms with Gasteiger partial charge in [0.1, 0.15) is 5.60 Å². The average Bonchev–Trinajstić information content (AvgIpc) is 3.59. The van der Waals surface area contributed by atoms with Crippen molar-refractivity contribution in [1.82, 2.24) is 35.3 Å². The van der Waals surface area contributed by atoms with Gasteiger partial charge in [0.2, 0.25) is 5.91 Å². The number of pyridine rings is 2. The molecule has 3 atom stereocenters. The number of aromatic nitrogens is 6. The predicted molar refractivity (Wildman–Crippen MR) is 134 cm³/mol. The standard InChI is InChI=1S/C27H30FN7O2/c1-16-8-22(11-23-10-17(2)33-34-23)32-24(9-16)27(37)7-6-19(12-27)26(36)31-18(3)20-4-5-25(29-13-20)35-15-21(28)14-30-35/h4-5,8-10,13-15,18-19,37H,6-7,11-12H2,1-3H3,(H,31,36)(H,33,34)/t18-,19+,27+/m0/s1. The molecule has 0 aliphatic heterocycles. The predicted octanol–water partition coefficient (Wildman–Crippen LogP) is 3.60. The molecule has 4 heterocycles. The number of carbonyl (C=O) groups is 1. The highest BCUT2D eigenvalue weighted by molar-refractivity contribution is 5.79. The lowest BCUT2D eigenvalue weighted by Crippen LogP contribution is -2.33. The van der Waals surface area contributed by atoms with Crippen molar-refractivity contribution < 1.29 is 14.3 Å². The van der Waals surface area contributed by atoms with Crippen LogP contribution in [0.4, 0.5) is 4.39 Å². The zero-order valence-corrected chi connectivity index (χ0v) is 21.1. The molecular weight excluding hydrogens is 473 g/mol. The maximum atomic E-state index is 13.2. The normalized spacial score (nSPS) is 20.2. The molecule has 0 spiro atoms. The third kappa shape index (κ3) is 5.43. The number of carbonyl (C=O) groups excluding carboxylic acids is 1. The fourth-order valence-electron chi connectivity index (χ4n) is 4.93. The first-order valence-electron chi connectivity index (χ1n) is 12.4. The van der Waals surface area contributed by atoms with E-state index < -0.39 is 11.4 Å². The molecule has 10 heteroatoms. The topological polar surface area (TPSA) is 122 Å². The van der Waals surface area contributed by atoms with Crippen molar-refractivity contribution in [1.29, 1.82) is 0 Å². The minimum absolute atomic E-state index is 0.110. The molecule has 5 rings (SSSR count). The van der Waals surface area contributed by atoms with Gasteiger partial charge in [0.05, 0.1) is 29.8 Å². The molecule has 0 bridgehead atoms. The molecule has 1 aliphatic rings. The first kappa shape index (κ1) is 24.8. The van der Waals surface area contributed by atoms with Crippen LogP contribution in [-0.2, 0) is 16.8 Å². The van der Waals surface area contributed by atoms with E-state index in [-0.39, 0.29) is 17.9 Å². The Hall–Kier alpha value is -3.92. The lowest BCUT2D eigenvalue weighted by Gasteiger charge is -2.24. The van der Waals surface area contributed by atoms with Gasteiger partial charge in [-0.15, -0.1) is 0 Å². The van der Waals surface area contributed by atoms with Crippen LogP contribution in [0.5, 0.6) is 0 Å². The molecule has 0 aromatic carbocycles. The van der Waals surface area contributed by atoms with E-state index in [0.717, 1.165) is 34.4 Å². The second-order valence-corrected chi connectivity index (χ2v) is 9.99. The van der Waals surface area contributed by atoms with Crippen LogP contribution >= 0.6 is 0 Å². The van der Waals surface area contributed by atoms with Crippen molar-refractivity contribution in [2.75, 3.05) is 0 Å². The Morgan fingerprint density at radius 2 is 2.11 bits per heavy atom. The summed E-state index contributed by atoms with van der Waals surface area (Å²) >= 11 is 0. The Balaban J connectivity index is 1.23. The Kier molecular flexibility index (Phi) is 6.59. The summed E-state index contributed by atoms with van der Waals surface area (Å²) in [6.45, 7) is 5.82. The number of aryl methyl sites for hydroxylation is 2. The molecule has 9 nitrogen and oxygen atoms in total. The third-order valence-corrected chi connectivity index (χ3v) is 6.90. The van der Waals surface area contributed by atoms with Gasteiger partial charge in [-0.05, 0) is 75.4 Å². The number of aromatic amines is 1. The molecule has 1 fully saturated rings. The molecule has 1 aliphatic carbocycles. The van der Waals surface area contributed by atoms with Gasteiger partial charge in [-0.25, -0.2) is 14.1 Å².